The highest BCUT2D eigenvalue weighted by molar-refractivity contribution is 8.14. The molecular weight excluding hydrogens is 196 g/mol. The molecule has 1 aliphatic rings. The highest BCUT2D eigenvalue weighted by Gasteiger charge is 2.32. The summed E-state index contributed by atoms with van der Waals surface area (Å²) < 4.78 is 0. The van der Waals surface area contributed by atoms with Crippen LogP contribution in [0.15, 0.2) is 23.0 Å². The van der Waals surface area contributed by atoms with Gasteiger partial charge in [0.2, 0.25) is 5.12 Å². The van der Waals surface area contributed by atoms with E-state index in [1.807, 2.05) is 26.8 Å². The van der Waals surface area contributed by atoms with Crippen molar-refractivity contribution in [2.45, 2.75) is 32.9 Å². The zero-order chi connectivity index (χ0) is 10.9. The van der Waals surface area contributed by atoms with Gasteiger partial charge in [-0.2, -0.15) is 0 Å². The third-order valence-electron chi connectivity index (χ3n) is 2.71. The van der Waals surface area contributed by atoms with Gasteiger partial charge in [0, 0.05) is 16.7 Å². The highest BCUT2D eigenvalue weighted by Crippen LogP contribution is 2.38. The van der Waals surface area contributed by atoms with Gasteiger partial charge in [-0.05, 0) is 20.8 Å². The highest BCUT2D eigenvalue weighted by atomic mass is 32.2. The molecule has 0 fully saturated rings. The average Bonchev–Trinajstić information content (AvgIpc) is 2.19. The van der Waals surface area contributed by atoms with Crippen molar-refractivity contribution in [1.29, 1.82) is 0 Å². The van der Waals surface area contributed by atoms with Crippen molar-refractivity contribution < 1.29 is 9.90 Å². The number of hydrogen-bond donors (Lipinski definition) is 1. The first-order valence-electron chi connectivity index (χ1n) is 4.72. The van der Waals surface area contributed by atoms with Crippen molar-refractivity contribution in [3.63, 3.8) is 0 Å². The standard InChI is InChI=1S/C11H16O2S/c1-5-6(2)10-7(3)9(12)8(4)11(13)14-10/h5,7,10,12H,1-4H3. The zero-order valence-corrected chi connectivity index (χ0v) is 9.81. The largest absolute Gasteiger partial charge is 0.512 e. The number of hydrogen-bond acceptors (Lipinski definition) is 3. The van der Waals surface area contributed by atoms with Crippen molar-refractivity contribution in [2.24, 2.45) is 5.92 Å². The lowest BCUT2D eigenvalue weighted by Gasteiger charge is -2.28. The fraction of sp³-hybridized carbons (Fsp3) is 0.545. The minimum atomic E-state index is -0.00759. The number of rotatable bonds is 1. The van der Waals surface area contributed by atoms with E-state index in [4.69, 9.17) is 0 Å². The molecule has 1 aliphatic heterocycles. The summed E-state index contributed by atoms with van der Waals surface area (Å²) >= 11 is 1.31. The van der Waals surface area contributed by atoms with E-state index < -0.39 is 0 Å². The molecule has 0 aromatic rings. The maximum Gasteiger partial charge on any atom is 0.219 e. The van der Waals surface area contributed by atoms with E-state index >= 15 is 0 Å². The van der Waals surface area contributed by atoms with Crippen LogP contribution < -0.4 is 0 Å². The fourth-order valence-corrected chi connectivity index (χ4v) is 2.71. The van der Waals surface area contributed by atoms with Gasteiger partial charge < -0.3 is 5.11 Å². The molecule has 2 atom stereocenters. The Balaban J connectivity index is 3.03. The maximum atomic E-state index is 11.5. The van der Waals surface area contributed by atoms with Gasteiger partial charge in [-0.3, -0.25) is 4.79 Å². The summed E-state index contributed by atoms with van der Waals surface area (Å²) in [6, 6.07) is 0. The van der Waals surface area contributed by atoms with Crippen LogP contribution >= 0.6 is 11.8 Å². The molecular formula is C11H16O2S. The van der Waals surface area contributed by atoms with Crippen molar-refractivity contribution in [2.75, 3.05) is 0 Å². The molecule has 0 spiro atoms. The zero-order valence-electron chi connectivity index (χ0n) is 9.00. The Morgan fingerprint density at radius 3 is 2.64 bits per heavy atom. The Labute approximate surface area is 89.1 Å². The van der Waals surface area contributed by atoms with Crippen LogP contribution in [0.2, 0.25) is 0 Å². The van der Waals surface area contributed by atoms with Crippen LogP contribution in [0.3, 0.4) is 0 Å². The average molecular weight is 212 g/mol. The van der Waals surface area contributed by atoms with Crippen LogP contribution in [0.4, 0.5) is 0 Å². The van der Waals surface area contributed by atoms with Gasteiger partial charge in [-0.1, -0.05) is 30.3 Å². The summed E-state index contributed by atoms with van der Waals surface area (Å²) in [6.45, 7) is 7.59. The number of aliphatic hydroxyl groups excluding tert-OH is 1. The Kier molecular flexibility index (Phi) is 3.43. The van der Waals surface area contributed by atoms with E-state index in [0.717, 1.165) is 5.57 Å². The molecule has 0 radical (unpaired) electrons. The maximum absolute atomic E-state index is 11.5. The first-order valence-corrected chi connectivity index (χ1v) is 5.60. The molecule has 0 aliphatic carbocycles. The van der Waals surface area contributed by atoms with Gasteiger partial charge >= 0.3 is 0 Å². The summed E-state index contributed by atoms with van der Waals surface area (Å²) in [5.74, 6) is 0.286. The van der Waals surface area contributed by atoms with Gasteiger partial charge in [0.1, 0.15) is 5.76 Å². The summed E-state index contributed by atoms with van der Waals surface area (Å²) in [7, 11) is 0. The lowest BCUT2D eigenvalue weighted by molar-refractivity contribution is -0.108. The first kappa shape index (κ1) is 11.4. The fourth-order valence-electron chi connectivity index (χ4n) is 1.55. The number of thioether (sulfide) groups is 1. The van der Waals surface area contributed by atoms with Gasteiger partial charge in [0.25, 0.3) is 0 Å². The second kappa shape index (κ2) is 4.22. The van der Waals surface area contributed by atoms with E-state index in [9.17, 15) is 9.90 Å². The number of carbonyl (C=O) groups excluding carboxylic acids is 1. The Morgan fingerprint density at radius 1 is 1.57 bits per heavy atom. The van der Waals surface area contributed by atoms with Crippen molar-refractivity contribution in [3.05, 3.63) is 23.0 Å². The predicted molar refractivity (Wildman–Crippen MR) is 60.3 cm³/mol. The summed E-state index contributed by atoms with van der Waals surface area (Å²) in [4.78, 5) is 11.5. The lowest BCUT2D eigenvalue weighted by Crippen LogP contribution is -2.26. The first-order chi connectivity index (χ1) is 6.49. The van der Waals surface area contributed by atoms with Crippen molar-refractivity contribution >= 4 is 16.9 Å². The van der Waals surface area contributed by atoms with E-state index in [-0.39, 0.29) is 22.0 Å². The second-order valence-electron chi connectivity index (χ2n) is 3.66. The minimum Gasteiger partial charge on any atom is -0.512 e. The summed E-state index contributed by atoms with van der Waals surface area (Å²) in [5, 5.41) is 9.84. The summed E-state index contributed by atoms with van der Waals surface area (Å²) in [5.41, 5.74) is 1.65. The monoisotopic (exact) mass is 212 g/mol. The third kappa shape index (κ3) is 1.87. The van der Waals surface area contributed by atoms with E-state index in [1.165, 1.54) is 11.8 Å². The molecule has 0 aromatic heterocycles. The number of allylic oxidation sites excluding steroid dienone is 2. The van der Waals surface area contributed by atoms with Crippen LogP contribution in [-0.2, 0) is 4.79 Å². The Hall–Kier alpha value is -0.700. The molecule has 3 heteroatoms. The molecule has 0 saturated heterocycles. The quantitative estimate of drug-likeness (QED) is 0.679. The lowest BCUT2D eigenvalue weighted by atomic mass is 9.96. The molecule has 0 aromatic carbocycles. The van der Waals surface area contributed by atoms with Crippen molar-refractivity contribution in [3.8, 4) is 0 Å². The summed E-state index contributed by atoms with van der Waals surface area (Å²) in [6.07, 6.45) is 2.00. The molecule has 0 bridgehead atoms. The van der Waals surface area contributed by atoms with E-state index in [0.29, 0.717) is 5.57 Å². The number of aliphatic hydroxyl groups is 1. The minimum absolute atomic E-state index is 0.00759. The van der Waals surface area contributed by atoms with E-state index in [2.05, 4.69) is 0 Å². The molecule has 1 N–H and O–H groups in total. The molecule has 0 amide bonds. The molecule has 2 unspecified atom stereocenters. The van der Waals surface area contributed by atoms with Crippen LogP contribution in [0.1, 0.15) is 27.7 Å². The van der Waals surface area contributed by atoms with Gasteiger partial charge in [-0.15, -0.1) is 0 Å². The second-order valence-corrected chi connectivity index (χ2v) is 4.77. The molecule has 1 heterocycles. The molecule has 1 rings (SSSR count). The SMILES string of the molecule is CC=C(C)C1SC(=O)C(C)=C(O)C1C. The Bertz CT molecular complexity index is 315. The van der Waals surface area contributed by atoms with Crippen LogP contribution in [0, 0.1) is 5.92 Å². The number of carbonyl (C=O) groups is 1. The third-order valence-corrected chi connectivity index (χ3v) is 4.27. The predicted octanol–water partition coefficient (Wildman–Crippen LogP) is 3.06. The van der Waals surface area contributed by atoms with Crippen LogP contribution in [-0.4, -0.2) is 15.5 Å². The smallest absolute Gasteiger partial charge is 0.219 e. The molecule has 0 saturated carbocycles. The van der Waals surface area contributed by atoms with Gasteiger partial charge in [0.15, 0.2) is 0 Å². The van der Waals surface area contributed by atoms with Crippen LogP contribution in [0.5, 0.6) is 0 Å². The Morgan fingerprint density at radius 2 is 2.14 bits per heavy atom. The van der Waals surface area contributed by atoms with Crippen molar-refractivity contribution in [1.82, 2.24) is 0 Å². The molecule has 2 nitrogen and oxygen atoms in total. The van der Waals surface area contributed by atoms with E-state index in [1.54, 1.807) is 6.92 Å². The van der Waals surface area contributed by atoms with Gasteiger partial charge in [0.05, 0.1) is 0 Å². The molecule has 78 valence electrons. The molecule has 14 heavy (non-hydrogen) atoms. The van der Waals surface area contributed by atoms with Gasteiger partial charge in [-0.25, -0.2) is 0 Å². The normalized spacial score (nSPS) is 29.7. The topological polar surface area (TPSA) is 37.3 Å². The van der Waals surface area contributed by atoms with Crippen LogP contribution in [0.25, 0.3) is 0 Å².